The summed E-state index contributed by atoms with van der Waals surface area (Å²) >= 11 is 9.75. The molecule has 0 aromatic heterocycles. The fourth-order valence-corrected chi connectivity index (χ4v) is 0. The lowest BCUT2D eigenvalue weighted by molar-refractivity contribution is 2.51. The summed E-state index contributed by atoms with van der Waals surface area (Å²) < 4.78 is 0. The molecule has 0 radical (unpaired) electrons. The van der Waals surface area contributed by atoms with Gasteiger partial charge in [0.05, 0.1) is 0 Å². The predicted octanol–water partition coefficient (Wildman–Crippen LogP) is 2.18. The van der Waals surface area contributed by atoms with Gasteiger partial charge in [-0.1, -0.05) is 23.2 Å². The van der Waals surface area contributed by atoms with Crippen molar-refractivity contribution in [3.8, 4) is 12.8 Å². The molecule has 0 fully saturated rings. The first-order chi connectivity index (χ1) is 2.91. The van der Waals surface area contributed by atoms with Gasteiger partial charge in [-0.05, 0) is 0 Å². The van der Waals surface area contributed by atoms with Gasteiger partial charge in [0.1, 0.15) is 0 Å². The average Bonchev–Trinajstić information content (AvgIpc) is 1.72. The Hall–Kier alpha value is -0.120. The summed E-state index contributed by atoms with van der Waals surface area (Å²) in [7, 11) is 0. The summed E-state index contributed by atoms with van der Waals surface area (Å²) in [5.74, 6) is 0. The highest BCUT2D eigenvalue weighted by molar-refractivity contribution is 6.33. The van der Waals surface area contributed by atoms with E-state index in [1.807, 2.05) is 0 Å². The van der Waals surface area contributed by atoms with Crippen LogP contribution in [0, 0.1) is 12.8 Å². The van der Waals surface area contributed by atoms with Gasteiger partial charge in [0.25, 0.3) is 0 Å². The second-order valence-electron chi connectivity index (χ2n) is 0.252. The van der Waals surface area contributed by atoms with Crippen LogP contribution < -0.4 is 0 Å². The number of hydrogen-bond donors (Lipinski definition) is 0. The molecule has 0 aromatic rings. The van der Waals surface area contributed by atoms with Gasteiger partial charge in [0.15, 0.2) is 0 Å². The van der Waals surface area contributed by atoms with Gasteiger partial charge in [-0.3, -0.25) is 0 Å². The zero-order chi connectivity index (χ0) is 5.41. The Bertz CT molecular complexity index is 40.8. The first-order valence-corrected chi connectivity index (χ1v) is 1.98. The van der Waals surface area contributed by atoms with E-state index >= 15 is 0 Å². The van der Waals surface area contributed by atoms with Gasteiger partial charge < -0.3 is 0 Å². The molecule has 0 heterocycles. The molecule has 0 saturated carbocycles. The standard InChI is InChI=1S/C2H2Cl2.C2H2/c3-1-2-4;1-2/h1-2H;1-2H. The van der Waals surface area contributed by atoms with Crippen molar-refractivity contribution in [1.82, 2.24) is 0 Å². The van der Waals surface area contributed by atoms with Crippen molar-refractivity contribution in [2.45, 2.75) is 0 Å². The quantitative estimate of drug-likeness (QED) is 0.433. The molecule has 0 saturated heterocycles. The van der Waals surface area contributed by atoms with E-state index in [-0.39, 0.29) is 0 Å². The fourth-order valence-electron chi connectivity index (χ4n) is 0. The Morgan fingerprint density at radius 2 is 1.17 bits per heavy atom. The van der Waals surface area contributed by atoms with E-state index in [2.05, 4.69) is 12.8 Å². The third-order valence-electron chi connectivity index (χ3n) is 0.0476. The molecular formula is C4H4Cl2. The van der Waals surface area contributed by atoms with Crippen LogP contribution in [0.4, 0.5) is 0 Å². The van der Waals surface area contributed by atoms with E-state index in [1.54, 1.807) is 0 Å². The largest absolute Gasteiger partial charge is 0.124 e. The van der Waals surface area contributed by atoms with Crippen molar-refractivity contribution in [1.29, 1.82) is 0 Å². The molecule has 0 spiro atoms. The van der Waals surface area contributed by atoms with Crippen molar-refractivity contribution in [2.75, 3.05) is 0 Å². The monoisotopic (exact) mass is 122 g/mol. The van der Waals surface area contributed by atoms with Crippen molar-refractivity contribution in [2.24, 2.45) is 0 Å². The summed E-state index contributed by atoms with van der Waals surface area (Å²) in [6.07, 6.45) is 8.00. The maximum Gasteiger partial charge on any atom is 0.0156 e. The summed E-state index contributed by atoms with van der Waals surface area (Å²) in [5.41, 5.74) is 2.48. The molecule has 0 unspecified atom stereocenters. The molecule has 0 atom stereocenters. The molecule has 0 amide bonds. The molecule has 0 aliphatic rings. The van der Waals surface area contributed by atoms with E-state index in [0.29, 0.717) is 0 Å². The Labute approximate surface area is 47.8 Å². The van der Waals surface area contributed by atoms with Gasteiger partial charge in [-0.25, -0.2) is 0 Å². The Morgan fingerprint density at radius 1 is 1.00 bits per heavy atom. The van der Waals surface area contributed by atoms with E-state index in [0.717, 1.165) is 0 Å². The predicted molar refractivity (Wildman–Crippen MR) is 30.7 cm³/mol. The first kappa shape index (κ1) is 9.30. The smallest absolute Gasteiger partial charge is 0.0156 e. The highest BCUT2D eigenvalue weighted by Crippen LogP contribution is 1.78. The van der Waals surface area contributed by atoms with Crippen LogP contribution in [0.1, 0.15) is 0 Å². The third kappa shape index (κ3) is 41.6. The minimum atomic E-state index is 1.24. The molecule has 0 N–H and O–H groups in total. The number of halogens is 2. The van der Waals surface area contributed by atoms with Crippen LogP contribution in [0.2, 0.25) is 0 Å². The van der Waals surface area contributed by atoms with Crippen LogP contribution in [0.3, 0.4) is 0 Å². The molecule has 34 valence electrons. The lowest BCUT2D eigenvalue weighted by Gasteiger charge is -1.44. The minimum Gasteiger partial charge on any atom is -0.124 e. The number of rotatable bonds is 0. The van der Waals surface area contributed by atoms with Gasteiger partial charge in [-0.15, -0.1) is 12.8 Å². The fraction of sp³-hybridized carbons (Fsp3) is 0. The molecular weight excluding hydrogens is 119 g/mol. The van der Waals surface area contributed by atoms with Crippen LogP contribution in [0.15, 0.2) is 11.1 Å². The number of terminal acetylenes is 1. The molecule has 6 heavy (non-hydrogen) atoms. The molecule has 2 heteroatoms. The van der Waals surface area contributed by atoms with Crippen molar-refractivity contribution in [3.63, 3.8) is 0 Å². The highest BCUT2D eigenvalue weighted by atomic mass is 35.5. The van der Waals surface area contributed by atoms with E-state index in [4.69, 9.17) is 23.2 Å². The topological polar surface area (TPSA) is 0 Å². The molecule has 0 aromatic carbocycles. The highest BCUT2D eigenvalue weighted by Gasteiger charge is 1.40. The van der Waals surface area contributed by atoms with Crippen molar-refractivity contribution < 1.29 is 0 Å². The number of hydrogen-bond acceptors (Lipinski definition) is 0. The van der Waals surface area contributed by atoms with Gasteiger partial charge >= 0.3 is 0 Å². The SMILES string of the molecule is C#C.ClC=CCl. The van der Waals surface area contributed by atoms with Crippen molar-refractivity contribution in [3.05, 3.63) is 11.1 Å². The van der Waals surface area contributed by atoms with Gasteiger partial charge in [0, 0.05) is 11.1 Å². The second kappa shape index (κ2) is 20.8. The molecule has 0 aliphatic heterocycles. The summed E-state index contributed by atoms with van der Waals surface area (Å²) in [6.45, 7) is 0. The van der Waals surface area contributed by atoms with Crippen LogP contribution in [-0.2, 0) is 0 Å². The molecule has 0 bridgehead atoms. The van der Waals surface area contributed by atoms with Crippen LogP contribution in [0.25, 0.3) is 0 Å². The second-order valence-corrected chi connectivity index (χ2v) is 0.756. The van der Waals surface area contributed by atoms with Gasteiger partial charge in [-0.2, -0.15) is 0 Å². The Kier molecular flexibility index (Phi) is 32.2. The average molecular weight is 123 g/mol. The maximum atomic E-state index is 4.87. The van der Waals surface area contributed by atoms with E-state index in [1.165, 1.54) is 11.1 Å². The van der Waals surface area contributed by atoms with Crippen molar-refractivity contribution >= 4 is 23.2 Å². The molecule has 0 rings (SSSR count). The Morgan fingerprint density at radius 3 is 1.17 bits per heavy atom. The zero-order valence-corrected chi connectivity index (χ0v) is 4.58. The van der Waals surface area contributed by atoms with Crippen LogP contribution in [-0.4, -0.2) is 0 Å². The van der Waals surface area contributed by atoms with Crippen LogP contribution in [0.5, 0.6) is 0 Å². The van der Waals surface area contributed by atoms with E-state index < -0.39 is 0 Å². The molecule has 0 nitrogen and oxygen atoms in total. The first-order valence-electron chi connectivity index (χ1n) is 1.10. The van der Waals surface area contributed by atoms with E-state index in [9.17, 15) is 0 Å². The minimum absolute atomic E-state index is 1.24. The summed E-state index contributed by atoms with van der Waals surface area (Å²) in [4.78, 5) is 0. The maximum absolute atomic E-state index is 4.87. The summed E-state index contributed by atoms with van der Waals surface area (Å²) in [5, 5.41) is 0. The normalized spacial score (nSPS) is 6.67. The van der Waals surface area contributed by atoms with Gasteiger partial charge in [0.2, 0.25) is 0 Å². The van der Waals surface area contributed by atoms with Crippen LogP contribution >= 0.6 is 23.2 Å². The summed E-state index contributed by atoms with van der Waals surface area (Å²) in [6, 6.07) is 0. The third-order valence-corrected chi connectivity index (χ3v) is 0.429. The zero-order valence-electron chi connectivity index (χ0n) is 3.07. The Balaban J connectivity index is 0. The lowest BCUT2D eigenvalue weighted by atomic mass is 11.3. The molecule has 0 aliphatic carbocycles. The lowest BCUT2D eigenvalue weighted by Crippen LogP contribution is -1.11.